The molecule has 2 amide bonds. The summed E-state index contributed by atoms with van der Waals surface area (Å²) in [5.74, 6) is 0.497. The van der Waals surface area contributed by atoms with Crippen LogP contribution in [0, 0.1) is 0 Å². The molecule has 2 N–H and O–H groups in total. The van der Waals surface area contributed by atoms with Gasteiger partial charge in [0.05, 0.1) is 12.8 Å². The van der Waals surface area contributed by atoms with Gasteiger partial charge in [-0.15, -0.1) is 0 Å². The van der Waals surface area contributed by atoms with E-state index in [4.69, 9.17) is 9.47 Å². The average molecular weight is 342 g/mol. The Balaban J connectivity index is 1.98. The summed E-state index contributed by atoms with van der Waals surface area (Å²) >= 11 is 0. The van der Waals surface area contributed by atoms with Crippen molar-refractivity contribution in [2.75, 3.05) is 26.1 Å². The Bertz CT molecular complexity index is 742. The van der Waals surface area contributed by atoms with Crippen molar-refractivity contribution in [2.24, 2.45) is 0 Å². The smallest absolute Gasteiger partial charge is 0.262 e. The number of hydrogen-bond acceptors (Lipinski definition) is 4. The van der Waals surface area contributed by atoms with Crippen molar-refractivity contribution in [3.63, 3.8) is 0 Å². The predicted octanol–water partition coefficient (Wildman–Crippen LogP) is 2.63. The molecule has 0 heterocycles. The van der Waals surface area contributed by atoms with Crippen molar-refractivity contribution in [2.45, 2.75) is 13.3 Å². The summed E-state index contributed by atoms with van der Waals surface area (Å²) < 4.78 is 10.7. The third-order valence-electron chi connectivity index (χ3n) is 3.67. The van der Waals surface area contributed by atoms with E-state index < -0.39 is 0 Å². The van der Waals surface area contributed by atoms with E-state index in [9.17, 15) is 9.59 Å². The topological polar surface area (TPSA) is 76.7 Å². The fraction of sp³-hybridized carbons (Fsp3) is 0.263. The molecule has 0 saturated heterocycles. The Morgan fingerprint density at radius 1 is 1.08 bits per heavy atom. The lowest BCUT2D eigenvalue weighted by Crippen LogP contribution is -2.21. The van der Waals surface area contributed by atoms with Crippen LogP contribution >= 0.6 is 0 Å². The van der Waals surface area contributed by atoms with E-state index in [0.717, 1.165) is 6.42 Å². The zero-order valence-corrected chi connectivity index (χ0v) is 14.6. The van der Waals surface area contributed by atoms with E-state index in [-0.39, 0.29) is 18.4 Å². The van der Waals surface area contributed by atoms with E-state index >= 15 is 0 Å². The average Bonchev–Trinajstić information content (AvgIpc) is 2.66. The number of aryl methyl sites for hydroxylation is 1. The number of nitrogens with one attached hydrogen (secondary N) is 2. The summed E-state index contributed by atoms with van der Waals surface area (Å²) in [6, 6.07) is 12.4. The molecule has 2 aromatic rings. The zero-order valence-electron chi connectivity index (χ0n) is 14.6. The Labute approximate surface area is 147 Å². The van der Waals surface area contributed by atoms with Gasteiger partial charge in [0, 0.05) is 12.6 Å². The minimum absolute atomic E-state index is 0.119. The molecule has 0 atom stereocenters. The van der Waals surface area contributed by atoms with Crippen LogP contribution in [0.15, 0.2) is 42.5 Å². The molecule has 0 radical (unpaired) electrons. The Hall–Kier alpha value is -3.02. The number of hydrogen-bond donors (Lipinski definition) is 2. The van der Waals surface area contributed by atoms with Gasteiger partial charge in [0.15, 0.2) is 6.61 Å². The van der Waals surface area contributed by atoms with E-state index in [0.29, 0.717) is 22.7 Å². The molecule has 0 aliphatic carbocycles. The van der Waals surface area contributed by atoms with Crippen molar-refractivity contribution >= 4 is 17.5 Å². The van der Waals surface area contributed by atoms with Gasteiger partial charge in [-0.1, -0.05) is 19.1 Å². The second kappa shape index (κ2) is 8.73. The van der Waals surface area contributed by atoms with Crippen LogP contribution < -0.4 is 20.1 Å². The van der Waals surface area contributed by atoms with E-state index in [1.54, 1.807) is 25.2 Å². The number of anilines is 1. The van der Waals surface area contributed by atoms with Crippen LogP contribution in [0.3, 0.4) is 0 Å². The lowest BCUT2D eigenvalue weighted by atomic mass is 10.1. The lowest BCUT2D eigenvalue weighted by Gasteiger charge is -2.12. The van der Waals surface area contributed by atoms with Crippen LogP contribution in [0.4, 0.5) is 5.69 Å². The second-order valence-electron chi connectivity index (χ2n) is 5.33. The van der Waals surface area contributed by atoms with Gasteiger partial charge >= 0.3 is 0 Å². The molecule has 2 rings (SSSR count). The van der Waals surface area contributed by atoms with Gasteiger partial charge in [-0.3, -0.25) is 9.59 Å². The van der Waals surface area contributed by atoms with Gasteiger partial charge in [-0.05, 0) is 42.3 Å². The van der Waals surface area contributed by atoms with Crippen LogP contribution in [-0.2, 0) is 11.2 Å². The maximum atomic E-state index is 12.1. The number of ether oxygens (including phenoxy) is 2. The SMILES string of the molecule is CCc1ccc(OCC(=O)Nc2ccc(C(=O)NC)cc2OC)cc1. The molecular formula is C19H22N2O4. The molecule has 0 spiro atoms. The molecule has 0 saturated carbocycles. The molecule has 132 valence electrons. The number of amides is 2. The summed E-state index contributed by atoms with van der Waals surface area (Å²) in [5.41, 5.74) is 2.13. The number of rotatable bonds is 7. The summed E-state index contributed by atoms with van der Waals surface area (Å²) in [7, 11) is 3.03. The molecule has 25 heavy (non-hydrogen) atoms. The second-order valence-corrected chi connectivity index (χ2v) is 5.33. The summed E-state index contributed by atoms with van der Waals surface area (Å²) in [6.45, 7) is 1.96. The molecule has 6 heteroatoms. The van der Waals surface area contributed by atoms with Crippen LogP contribution in [0.25, 0.3) is 0 Å². The third-order valence-corrected chi connectivity index (χ3v) is 3.67. The van der Waals surface area contributed by atoms with Gasteiger partial charge in [0.2, 0.25) is 0 Å². The van der Waals surface area contributed by atoms with Crippen LogP contribution in [0.2, 0.25) is 0 Å². The van der Waals surface area contributed by atoms with E-state index in [1.807, 2.05) is 24.3 Å². The van der Waals surface area contributed by atoms with Crippen LogP contribution in [-0.4, -0.2) is 32.6 Å². The van der Waals surface area contributed by atoms with Crippen molar-refractivity contribution < 1.29 is 19.1 Å². The third kappa shape index (κ3) is 4.97. The van der Waals surface area contributed by atoms with E-state index in [1.165, 1.54) is 12.7 Å². The maximum absolute atomic E-state index is 12.1. The fourth-order valence-electron chi connectivity index (χ4n) is 2.24. The number of carbonyl (C=O) groups excluding carboxylic acids is 2. The summed E-state index contributed by atoms with van der Waals surface area (Å²) in [6.07, 6.45) is 0.951. The van der Waals surface area contributed by atoms with Gasteiger partial charge in [0.25, 0.3) is 11.8 Å². The molecule has 0 bridgehead atoms. The summed E-state index contributed by atoms with van der Waals surface area (Å²) in [4.78, 5) is 23.7. The summed E-state index contributed by atoms with van der Waals surface area (Å²) in [5, 5.41) is 5.26. The van der Waals surface area contributed by atoms with Crippen molar-refractivity contribution in [1.82, 2.24) is 5.32 Å². The molecule has 0 aromatic heterocycles. The first-order valence-electron chi connectivity index (χ1n) is 7.99. The van der Waals surface area contributed by atoms with Crippen LogP contribution in [0.5, 0.6) is 11.5 Å². The van der Waals surface area contributed by atoms with Crippen molar-refractivity contribution in [3.05, 3.63) is 53.6 Å². The molecule has 0 aliphatic heterocycles. The first-order chi connectivity index (χ1) is 12.1. The van der Waals surface area contributed by atoms with Gasteiger partial charge in [0.1, 0.15) is 11.5 Å². The normalized spacial score (nSPS) is 10.0. The molecule has 0 fully saturated rings. The van der Waals surface area contributed by atoms with Crippen molar-refractivity contribution in [3.8, 4) is 11.5 Å². The van der Waals surface area contributed by atoms with Crippen LogP contribution in [0.1, 0.15) is 22.8 Å². The number of methoxy groups -OCH3 is 1. The predicted molar refractivity (Wildman–Crippen MR) is 96.3 cm³/mol. The maximum Gasteiger partial charge on any atom is 0.262 e. The molecule has 0 unspecified atom stereocenters. The monoisotopic (exact) mass is 342 g/mol. The molecule has 0 aliphatic rings. The molecule has 2 aromatic carbocycles. The minimum atomic E-state index is -0.314. The number of benzene rings is 2. The fourth-order valence-corrected chi connectivity index (χ4v) is 2.24. The highest BCUT2D eigenvalue weighted by molar-refractivity contribution is 5.97. The van der Waals surface area contributed by atoms with E-state index in [2.05, 4.69) is 17.6 Å². The Kier molecular flexibility index (Phi) is 6.39. The molecular weight excluding hydrogens is 320 g/mol. The standard InChI is InChI=1S/C19H22N2O4/c1-4-13-5-8-15(9-6-13)25-12-18(22)21-16-10-7-14(19(23)20-2)11-17(16)24-3/h5-11H,4,12H2,1-3H3,(H,20,23)(H,21,22). The van der Waals surface area contributed by atoms with Crippen molar-refractivity contribution in [1.29, 1.82) is 0 Å². The molecule has 6 nitrogen and oxygen atoms in total. The van der Waals surface area contributed by atoms with Gasteiger partial charge < -0.3 is 20.1 Å². The first kappa shape index (κ1) is 18.3. The quantitative estimate of drug-likeness (QED) is 0.811. The van der Waals surface area contributed by atoms with Gasteiger partial charge in [-0.2, -0.15) is 0 Å². The Morgan fingerprint density at radius 3 is 2.40 bits per heavy atom. The highest BCUT2D eigenvalue weighted by Crippen LogP contribution is 2.25. The van der Waals surface area contributed by atoms with Gasteiger partial charge in [-0.25, -0.2) is 0 Å². The zero-order chi connectivity index (χ0) is 18.2. The lowest BCUT2D eigenvalue weighted by molar-refractivity contribution is -0.118. The highest BCUT2D eigenvalue weighted by Gasteiger charge is 2.12. The Morgan fingerprint density at radius 2 is 1.80 bits per heavy atom. The highest BCUT2D eigenvalue weighted by atomic mass is 16.5. The number of carbonyl (C=O) groups is 2. The minimum Gasteiger partial charge on any atom is -0.495 e. The largest absolute Gasteiger partial charge is 0.495 e. The first-order valence-corrected chi connectivity index (χ1v) is 7.99.